The van der Waals surface area contributed by atoms with Crippen LogP contribution in [-0.2, 0) is 0 Å². The van der Waals surface area contributed by atoms with Gasteiger partial charge in [-0.2, -0.15) is 0 Å². The van der Waals surface area contributed by atoms with E-state index in [1.807, 2.05) is 6.07 Å². The van der Waals surface area contributed by atoms with Gasteiger partial charge in [-0.1, -0.05) is 11.6 Å². The summed E-state index contributed by atoms with van der Waals surface area (Å²) in [7, 11) is 3.11. The molecule has 0 saturated carbocycles. The van der Waals surface area contributed by atoms with Crippen molar-refractivity contribution in [2.75, 3.05) is 14.2 Å². The number of ether oxygens (including phenoxy) is 2. The molecule has 29 heavy (non-hydrogen) atoms. The van der Waals surface area contributed by atoms with Gasteiger partial charge in [0.15, 0.2) is 11.5 Å². The van der Waals surface area contributed by atoms with E-state index in [2.05, 4.69) is 15.8 Å². The van der Waals surface area contributed by atoms with Gasteiger partial charge in [-0.05, 0) is 49.4 Å². The molecule has 7 nitrogen and oxygen atoms in total. The van der Waals surface area contributed by atoms with Crippen molar-refractivity contribution >= 4 is 34.8 Å². The molecule has 3 aromatic rings. The fraction of sp³-hybridized carbons (Fsp3) is 0.150. The molecule has 2 N–H and O–H groups in total. The van der Waals surface area contributed by atoms with Crippen LogP contribution in [-0.4, -0.2) is 31.0 Å². The largest absolute Gasteiger partial charge is 0.493 e. The Labute approximate surface area is 176 Å². The zero-order valence-corrected chi connectivity index (χ0v) is 17.5. The maximum atomic E-state index is 12.5. The van der Waals surface area contributed by atoms with Gasteiger partial charge < -0.3 is 9.47 Å². The number of methoxy groups -OCH3 is 2. The highest BCUT2D eigenvalue weighted by molar-refractivity contribution is 7.17. The molecule has 150 valence electrons. The third-order valence-corrected chi connectivity index (χ3v) is 5.49. The van der Waals surface area contributed by atoms with Crippen LogP contribution in [0.15, 0.2) is 42.5 Å². The quantitative estimate of drug-likeness (QED) is 0.598. The number of rotatable bonds is 5. The zero-order valence-electron chi connectivity index (χ0n) is 15.9. The van der Waals surface area contributed by atoms with Crippen molar-refractivity contribution in [1.29, 1.82) is 0 Å². The van der Waals surface area contributed by atoms with Crippen LogP contribution in [0.25, 0.3) is 10.6 Å². The SMILES string of the molecule is COc1ccc(-c2nc(C)c(C(=O)NNC(=O)c3ccc(Cl)cc3)s2)cc1OC. The Hall–Kier alpha value is -3.10. The molecule has 0 radical (unpaired) electrons. The number of nitrogens with one attached hydrogen (secondary N) is 2. The van der Waals surface area contributed by atoms with E-state index < -0.39 is 11.8 Å². The summed E-state index contributed by atoms with van der Waals surface area (Å²) in [6.45, 7) is 1.73. The summed E-state index contributed by atoms with van der Waals surface area (Å²) in [5, 5.41) is 1.17. The number of hydrogen-bond acceptors (Lipinski definition) is 6. The number of aryl methyl sites for hydroxylation is 1. The van der Waals surface area contributed by atoms with Crippen molar-refractivity contribution in [3.8, 4) is 22.1 Å². The minimum absolute atomic E-state index is 0.377. The molecule has 0 unspecified atom stereocenters. The van der Waals surface area contributed by atoms with E-state index >= 15 is 0 Å². The van der Waals surface area contributed by atoms with Crippen molar-refractivity contribution in [3.63, 3.8) is 0 Å². The van der Waals surface area contributed by atoms with Gasteiger partial charge in [0.2, 0.25) is 0 Å². The van der Waals surface area contributed by atoms with Gasteiger partial charge in [0.05, 0.1) is 19.9 Å². The van der Waals surface area contributed by atoms with E-state index in [1.165, 1.54) is 11.3 Å². The van der Waals surface area contributed by atoms with E-state index in [1.54, 1.807) is 57.5 Å². The van der Waals surface area contributed by atoms with E-state index in [4.69, 9.17) is 21.1 Å². The number of aromatic nitrogens is 1. The van der Waals surface area contributed by atoms with Crippen LogP contribution in [0.2, 0.25) is 5.02 Å². The van der Waals surface area contributed by atoms with Crippen molar-refractivity contribution in [1.82, 2.24) is 15.8 Å². The molecule has 1 heterocycles. The van der Waals surface area contributed by atoms with Gasteiger partial charge in [0.25, 0.3) is 11.8 Å². The highest BCUT2D eigenvalue weighted by Gasteiger charge is 2.18. The second-order valence-corrected chi connectivity index (χ2v) is 7.35. The van der Waals surface area contributed by atoms with Crippen molar-refractivity contribution in [2.24, 2.45) is 0 Å². The Morgan fingerprint density at radius 1 is 0.966 bits per heavy atom. The minimum atomic E-state index is -0.450. The second kappa shape index (κ2) is 8.93. The number of halogens is 1. The maximum Gasteiger partial charge on any atom is 0.281 e. The summed E-state index contributed by atoms with van der Waals surface area (Å²) < 4.78 is 10.6. The molecule has 0 saturated heterocycles. The van der Waals surface area contributed by atoms with E-state index in [0.29, 0.717) is 37.7 Å². The Morgan fingerprint density at radius 3 is 2.28 bits per heavy atom. The van der Waals surface area contributed by atoms with Gasteiger partial charge in [0.1, 0.15) is 9.88 Å². The van der Waals surface area contributed by atoms with Crippen LogP contribution < -0.4 is 20.3 Å². The second-order valence-electron chi connectivity index (χ2n) is 5.92. The van der Waals surface area contributed by atoms with Crippen molar-refractivity contribution in [2.45, 2.75) is 6.92 Å². The summed E-state index contributed by atoms with van der Waals surface area (Å²) in [6, 6.07) is 11.7. The number of nitrogens with zero attached hydrogens (tertiary/aromatic N) is 1. The summed E-state index contributed by atoms with van der Waals surface area (Å²) in [6.07, 6.45) is 0. The predicted molar refractivity (Wildman–Crippen MR) is 112 cm³/mol. The van der Waals surface area contributed by atoms with Crippen LogP contribution >= 0.6 is 22.9 Å². The first-order chi connectivity index (χ1) is 13.9. The lowest BCUT2D eigenvalue weighted by atomic mass is 10.2. The third-order valence-electron chi connectivity index (χ3n) is 4.03. The van der Waals surface area contributed by atoms with Crippen molar-refractivity contribution in [3.05, 3.63) is 63.6 Å². The molecular weight excluding hydrogens is 414 g/mol. The summed E-state index contributed by atoms with van der Waals surface area (Å²) >= 11 is 7.02. The smallest absolute Gasteiger partial charge is 0.281 e. The molecule has 0 aliphatic rings. The van der Waals surface area contributed by atoms with E-state index in [-0.39, 0.29) is 0 Å². The Balaban J connectivity index is 1.73. The lowest BCUT2D eigenvalue weighted by molar-refractivity contribution is 0.0848. The van der Waals surface area contributed by atoms with Gasteiger partial charge in [0, 0.05) is 16.1 Å². The first kappa shape index (κ1) is 20.6. The monoisotopic (exact) mass is 431 g/mol. The fourth-order valence-electron chi connectivity index (χ4n) is 2.54. The van der Waals surface area contributed by atoms with Crippen molar-refractivity contribution < 1.29 is 19.1 Å². The molecule has 0 spiro atoms. The molecule has 0 aliphatic carbocycles. The van der Waals surface area contributed by atoms with Crippen LogP contribution in [0, 0.1) is 6.92 Å². The normalized spacial score (nSPS) is 10.3. The summed E-state index contributed by atoms with van der Waals surface area (Å²) in [4.78, 5) is 29.5. The molecule has 0 bridgehead atoms. The molecule has 1 aromatic heterocycles. The number of thiazole rings is 1. The Bertz CT molecular complexity index is 1050. The van der Waals surface area contributed by atoms with Crippen LogP contribution in [0.3, 0.4) is 0 Å². The number of carbonyl (C=O) groups is 2. The average molecular weight is 432 g/mol. The minimum Gasteiger partial charge on any atom is -0.493 e. The third kappa shape index (κ3) is 4.67. The number of hydrazine groups is 1. The summed E-state index contributed by atoms with van der Waals surface area (Å²) in [5.74, 6) is 0.276. The molecule has 2 aromatic carbocycles. The van der Waals surface area contributed by atoms with Crippen LogP contribution in [0.4, 0.5) is 0 Å². The number of carbonyl (C=O) groups excluding carboxylic acids is 2. The lowest BCUT2D eigenvalue weighted by Gasteiger charge is -2.08. The molecule has 2 amide bonds. The first-order valence-corrected chi connectivity index (χ1v) is 9.68. The number of benzene rings is 2. The first-order valence-electron chi connectivity index (χ1n) is 8.49. The van der Waals surface area contributed by atoms with Crippen LogP contribution in [0.5, 0.6) is 11.5 Å². The Kier molecular flexibility index (Phi) is 6.36. The lowest BCUT2D eigenvalue weighted by Crippen LogP contribution is -2.41. The fourth-order valence-corrected chi connectivity index (χ4v) is 3.63. The predicted octanol–water partition coefficient (Wildman–Crippen LogP) is 3.86. The number of hydrogen-bond donors (Lipinski definition) is 2. The zero-order chi connectivity index (χ0) is 21.0. The van der Waals surface area contributed by atoms with Gasteiger partial charge in [-0.15, -0.1) is 11.3 Å². The van der Waals surface area contributed by atoms with E-state index in [9.17, 15) is 9.59 Å². The molecule has 0 fully saturated rings. The molecule has 9 heteroatoms. The van der Waals surface area contributed by atoms with E-state index in [0.717, 1.165) is 5.56 Å². The van der Waals surface area contributed by atoms with Gasteiger partial charge in [-0.25, -0.2) is 4.98 Å². The Morgan fingerprint density at radius 2 is 1.62 bits per heavy atom. The standard InChI is InChI=1S/C20H18ClN3O4S/c1-11-17(19(26)24-23-18(25)12-4-7-14(21)8-5-12)29-20(22-11)13-6-9-15(27-2)16(10-13)28-3/h4-10H,1-3H3,(H,23,25)(H,24,26). The van der Waals surface area contributed by atoms with Crippen LogP contribution in [0.1, 0.15) is 25.7 Å². The van der Waals surface area contributed by atoms with Gasteiger partial charge in [-0.3, -0.25) is 20.4 Å². The topological polar surface area (TPSA) is 89.5 Å². The average Bonchev–Trinajstić information content (AvgIpc) is 3.13. The highest BCUT2D eigenvalue weighted by Crippen LogP contribution is 2.34. The van der Waals surface area contributed by atoms with Gasteiger partial charge >= 0.3 is 0 Å². The molecular formula is C20H18ClN3O4S. The highest BCUT2D eigenvalue weighted by atomic mass is 35.5. The molecule has 3 rings (SSSR count). The summed E-state index contributed by atoms with van der Waals surface area (Å²) in [5.41, 5.74) is 6.52. The molecule has 0 atom stereocenters. The molecule has 0 aliphatic heterocycles. The number of amides is 2. The maximum absolute atomic E-state index is 12.5.